The van der Waals surface area contributed by atoms with Crippen LogP contribution in [-0.2, 0) is 22.7 Å². The molecule has 19 heteroatoms. The van der Waals surface area contributed by atoms with Crippen molar-refractivity contribution in [2.24, 2.45) is 0 Å². The Morgan fingerprint density at radius 2 is 1.84 bits per heavy atom. The van der Waals surface area contributed by atoms with E-state index < -0.39 is 38.0 Å². The first-order valence-electron chi connectivity index (χ1n) is 8.17. The molecule has 172 valence electrons. The zero-order chi connectivity index (χ0) is 23.2. The Hall–Kier alpha value is -0.500. The number of nitrogens with zero attached hydrogens (tertiary/aromatic N) is 4. The number of alkyl halides is 2. The summed E-state index contributed by atoms with van der Waals surface area (Å²) in [7, 11) is -15.5. The van der Waals surface area contributed by atoms with Crippen molar-refractivity contribution in [3.05, 3.63) is 24.8 Å². The normalized spacial score (nSPS) is 23.7. The predicted molar refractivity (Wildman–Crippen MR) is 116 cm³/mol. The minimum absolute atomic E-state index is 0.218. The molecule has 2 aromatic rings. The number of imidazole rings is 1. The molecule has 3 rings (SSSR count). The summed E-state index contributed by atoms with van der Waals surface area (Å²) in [6.07, 6.45) is 4.81. The number of anilines is 1. The fourth-order valence-corrected chi connectivity index (χ4v) is 7.85. The summed E-state index contributed by atoms with van der Waals surface area (Å²) in [5, 5.41) is 0. The number of hydrogen-bond donors (Lipinski definition) is 5. The average molecular weight is 627 g/mol. The highest BCUT2D eigenvalue weighted by atomic mass is 79.9. The maximum absolute atomic E-state index is 12.2. The van der Waals surface area contributed by atoms with Crippen LogP contribution in [0.1, 0.15) is 12.5 Å². The molecule has 0 bridgehead atoms. The zero-order valence-electron chi connectivity index (χ0n) is 15.2. The molecular formula is C12H16Br2N5O9P3. The Balaban J connectivity index is 1.64. The second-order valence-corrected chi connectivity index (χ2v) is 18.3. The predicted octanol–water partition coefficient (Wildman–Crippen LogP) is 2.22. The largest absolute Gasteiger partial charge is 0.382 e. The van der Waals surface area contributed by atoms with E-state index in [1.54, 1.807) is 16.7 Å². The molecule has 0 saturated heterocycles. The lowest BCUT2D eigenvalue weighted by molar-refractivity contribution is 0.103. The summed E-state index contributed by atoms with van der Waals surface area (Å²) in [4.78, 5) is 50.2. The minimum atomic E-state index is -5.36. The smallest absolute Gasteiger partial charge is 0.375 e. The zero-order valence-corrected chi connectivity index (χ0v) is 21.0. The highest BCUT2D eigenvalue weighted by Crippen LogP contribution is 2.81. The van der Waals surface area contributed by atoms with Crippen LogP contribution in [-0.4, -0.2) is 54.3 Å². The summed E-state index contributed by atoms with van der Waals surface area (Å²) >= 11 is 4.70. The number of fused-ring (bicyclic) bond motifs is 1. The van der Waals surface area contributed by atoms with Gasteiger partial charge in [-0.2, -0.15) is 0 Å². The molecule has 0 radical (unpaired) electrons. The van der Waals surface area contributed by atoms with Crippen molar-refractivity contribution in [1.82, 2.24) is 19.5 Å². The lowest BCUT2D eigenvalue weighted by Crippen LogP contribution is -2.16. The number of halogens is 2. The van der Waals surface area contributed by atoms with Gasteiger partial charge in [0.25, 0.3) is 2.72 Å². The van der Waals surface area contributed by atoms with Crippen LogP contribution in [0.4, 0.5) is 5.82 Å². The van der Waals surface area contributed by atoms with Crippen LogP contribution in [0.2, 0.25) is 0 Å². The van der Waals surface area contributed by atoms with E-state index in [4.69, 9.17) is 20.3 Å². The van der Waals surface area contributed by atoms with Gasteiger partial charge in [0.05, 0.1) is 18.5 Å². The first kappa shape index (κ1) is 25.1. The highest BCUT2D eigenvalue weighted by Gasteiger charge is 2.60. The SMILES string of the molecule is Nc1ncnc2c1ncn2[C@H]1C=C[C@@H](OCP(=O)(O)OP(=O)(O)C(Br)(Br)P(=O)(O)O)C1. The number of ether oxygens (including phenoxy) is 1. The Morgan fingerprint density at radius 1 is 1.16 bits per heavy atom. The van der Waals surface area contributed by atoms with Crippen molar-refractivity contribution in [3.8, 4) is 0 Å². The summed E-state index contributed by atoms with van der Waals surface area (Å²) in [6, 6.07) is -0.264. The number of aromatic nitrogens is 4. The molecule has 2 unspecified atom stereocenters. The van der Waals surface area contributed by atoms with Gasteiger partial charge in [0, 0.05) is 6.42 Å². The van der Waals surface area contributed by atoms with Crippen molar-refractivity contribution in [2.45, 2.75) is 21.3 Å². The van der Waals surface area contributed by atoms with Crippen LogP contribution in [0.3, 0.4) is 0 Å². The third-order valence-corrected chi connectivity index (χ3v) is 14.9. The average Bonchev–Trinajstić information content (AvgIpc) is 3.25. The molecular weight excluding hydrogens is 611 g/mol. The van der Waals surface area contributed by atoms with Crippen molar-refractivity contribution in [3.63, 3.8) is 0 Å². The van der Waals surface area contributed by atoms with Crippen molar-refractivity contribution >= 4 is 71.6 Å². The Bertz CT molecular complexity index is 1170. The minimum Gasteiger partial charge on any atom is -0.382 e. The van der Waals surface area contributed by atoms with E-state index in [1.807, 2.05) is 0 Å². The molecule has 0 spiro atoms. The van der Waals surface area contributed by atoms with Gasteiger partial charge in [-0.05, 0) is 31.9 Å². The summed E-state index contributed by atoms with van der Waals surface area (Å²) in [5.74, 6) is 0.218. The number of nitrogens with two attached hydrogens (primary N) is 1. The highest BCUT2D eigenvalue weighted by molar-refractivity contribution is 9.29. The summed E-state index contributed by atoms with van der Waals surface area (Å²) in [5.41, 5.74) is 6.67. The van der Waals surface area contributed by atoms with Crippen LogP contribution in [0.5, 0.6) is 0 Å². The lowest BCUT2D eigenvalue weighted by atomic mass is 10.2. The van der Waals surface area contributed by atoms with E-state index in [9.17, 15) is 23.5 Å². The molecule has 31 heavy (non-hydrogen) atoms. The van der Waals surface area contributed by atoms with Gasteiger partial charge in [-0.15, -0.1) is 0 Å². The molecule has 1 aliphatic rings. The molecule has 0 fully saturated rings. The van der Waals surface area contributed by atoms with Gasteiger partial charge in [0.1, 0.15) is 18.2 Å². The van der Waals surface area contributed by atoms with Gasteiger partial charge in [-0.25, -0.2) is 19.3 Å². The molecule has 0 aliphatic heterocycles. The number of nitrogen functional groups attached to an aromatic ring is 1. The van der Waals surface area contributed by atoms with Gasteiger partial charge < -0.3 is 34.6 Å². The fourth-order valence-electron chi connectivity index (χ4n) is 2.69. The van der Waals surface area contributed by atoms with E-state index in [2.05, 4.69) is 51.1 Å². The number of allylic oxidation sites excluding steroid dienone is 1. The number of rotatable bonds is 8. The molecule has 0 amide bonds. The summed E-state index contributed by atoms with van der Waals surface area (Å²) in [6.45, 7) is 0. The molecule has 2 aromatic heterocycles. The van der Waals surface area contributed by atoms with E-state index in [0.717, 1.165) is 0 Å². The van der Waals surface area contributed by atoms with Crippen LogP contribution in [0.25, 0.3) is 11.2 Å². The Kier molecular flexibility index (Phi) is 7.05. The van der Waals surface area contributed by atoms with Crippen molar-refractivity contribution in [2.75, 3.05) is 12.1 Å². The second-order valence-electron chi connectivity index (χ2n) is 6.40. The third-order valence-electron chi connectivity index (χ3n) is 4.15. The van der Waals surface area contributed by atoms with E-state index >= 15 is 0 Å². The third kappa shape index (κ3) is 5.20. The van der Waals surface area contributed by atoms with Crippen LogP contribution < -0.4 is 5.73 Å². The van der Waals surface area contributed by atoms with E-state index in [1.165, 1.54) is 12.7 Å². The van der Waals surface area contributed by atoms with E-state index in [0.29, 0.717) is 17.6 Å². The van der Waals surface area contributed by atoms with E-state index in [-0.39, 0.29) is 11.9 Å². The van der Waals surface area contributed by atoms with Gasteiger partial charge in [0.15, 0.2) is 11.5 Å². The maximum Gasteiger partial charge on any atom is 0.375 e. The topological polar surface area (TPSA) is 220 Å². The standard InChI is InChI=1S/C12H16Br2N5O9P3/c13-12(14,30(22,23)24)31(25,26)28-29(20,21)6-27-8-2-1-7(3-8)19-5-18-9-10(15)16-4-17-11(9)19/h1-2,4-5,7-8H,3,6H2,(H,20,21)(H,25,26)(H2,15,16,17)(H2,22,23,24)/t7-,8+/m0/s1. The fraction of sp³-hybridized carbons (Fsp3) is 0.417. The first-order chi connectivity index (χ1) is 14.1. The Morgan fingerprint density at radius 3 is 2.48 bits per heavy atom. The molecule has 0 saturated carbocycles. The molecule has 14 nitrogen and oxygen atoms in total. The van der Waals surface area contributed by atoms with Gasteiger partial charge in [0.2, 0.25) is 0 Å². The number of hydrogen-bond acceptors (Lipinski definition) is 9. The quantitative estimate of drug-likeness (QED) is 0.161. The molecule has 0 aromatic carbocycles. The van der Waals surface area contributed by atoms with Crippen LogP contribution >= 0.6 is 54.6 Å². The lowest BCUT2D eigenvalue weighted by Gasteiger charge is -2.27. The van der Waals surface area contributed by atoms with Gasteiger partial charge in [-0.3, -0.25) is 13.7 Å². The molecule has 6 N–H and O–H groups in total. The first-order valence-corrected chi connectivity index (χ1v) is 14.7. The molecule has 1 aliphatic carbocycles. The Labute approximate surface area is 191 Å². The maximum atomic E-state index is 12.2. The van der Waals surface area contributed by atoms with Crippen LogP contribution in [0.15, 0.2) is 24.8 Å². The van der Waals surface area contributed by atoms with Crippen LogP contribution in [0, 0.1) is 0 Å². The molecule has 4 atom stereocenters. The summed E-state index contributed by atoms with van der Waals surface area (Å²) < 4.78 is 44.1. The van der Waals surface area contributed by atoms with Gasteiger partial charge in [-0.1, -0.05) is 12.2 Å². The second kappa shape index (κ2) is 8.69. The van der Waals surface area contributed by atoms with Crippen molar-refractivity contribution < 1.29 is 42.3 Å². The molecule has 2 heterocycles. The van der Waals surface area contributed by atoms with Gasteiger partial charge >= 0.3 is 22.8 Å². The van der Waals surface area contributed by atoms with Crippen molar-refractivity contribution in [1.29, 1.82) is 0 Å². The monoisotopic (exact) mass is 625 g/mol.